The number of amides is 3. The van der Waals surface area contributed by atoms with Crippen molar-refractivity contribution < 1.29 is 14.4 Å². The Hall–Kier alpha value is -2.43. The van der Waals surface area contributed by atoms with Crippen LogP contribution in [0.1, 0.15) is 36.6 Å². The van der Waals surface area contributed by atoms with Crippen LogP contribution in [0.2, 0.25) is 0 Å². The Bertz CT molecular complexity index is 578. The van der Waals surface area contributed by atoms with Crippen molar-refractivity contribution in [3.05, 3.63) is 41.0 Å². The number of nitrogens with zero attached hydrogens (tertiary/aromatic N) is 1. The van der Waals surface area contributed by atoms with Gasteiger partial charge < -0.3 is 5.32 Å². The van der Waals surface area contributed by atoms with E-state index in [-0.39, 0.29) is 23.3 Å². The Morgan fingerprint density at radius 2 is 1.53 bits per heavy atom. The molecular formula is C12H8N2O3. The molecule has 0 radical (unpaired) electrons. The third-order valence-corrected chi connectivity index (χ3v) is 3.06. The Labute approximate surface area is 96.7 Å². The van der Waals surface area contributed by atoms with Gasteiger partial charge in [0, 0.05) is 23.9 Å². The molecule has 0 saturated heterocycles. The quantitative estimate of drug-likeness (QED) is 0.662. The van der Waals surface area contributed by atoms with Crippen LogP contribution in [0.25, 0.3) is 5.70 Å². The van der Waals surface area contributed by atoms with Crippen LogP contribution in [0.4, 0.5) is 0 Å². The highest BCUT2D eigenvalue weighted by molar-refractivity contribution is 6.23. The van der Waals surface area contributed by atoms with Gasteiger partial charge in [0.2, 0.25) is 0 Å². The second-order valence-corrected chi connectivity index (χ2v) is 4.05. The molecule has 3 rings (SSSR count). The highest BCUT2D eigenvalue weighted by Crippen LogP contribution is 2.30. The maximum Gasteiger partial charge on any atom is 0.261 e. The summed E-state index contributed by atoms with van der Waals surface area (Å²) in [6, 6.07) is 3.01. The molecule has 5 heteroatoms. The normalized spacial score (nSPS) is 17.4. The molecule has 1 N–H and O–H groups in total. The first kappa shape index (κ1) is 9.77. The average Bonchev–Trinajstić information content (AvgIpc) is 2.70. The van der Waals surface area contributed by atoms with E-state index in [1.807, 2.05) is 0 Å². The van der Waals surface area contributed by atoms with Gasteiger partial charge in [-0.25, -0.2) is 0 Å². The number of hydrogen-bond acceptors (Lipinski definition) is 3. The van der Waals surface area contributed by atoms with Crippen molar-refractivity contribution in [3.63, 3.8) is 0 Å². The molecule has 0 spiro atoms. The Kier molecular flexibility index (Phi) is 1.62. The molecule has 1 aromatic rings. The molecule has 2 aliphatic heterocycles. The van der Waals surface area contributed by atoms with E-state index in [4.69, 9.17) is 0 Å². The average molecular weight is 228 g/mol. The number of nitrogens with one attached hydrogen (secondary N) is 1. The highest BCUT2D eigenvalue weighted by atomic mass is 16.2. The van der Waals surface area contributed by atoms with E-state index >= 15 is 0 Å². The second kappa shape index (κ2) is 2.82. The first-order valence-electron chi connectivity index (χ1n) is 5.02. The zero-order valence-corrected chi connectivity index (χ0v) is 9.03. The lowest BCUT2D eigenvalue weighted by Crippen LogP contribution is -2.24. The summed E-state index contributed by atoms with van der Waals surface area (Å²) >= 11 is 0. The maximum atomic E-state index is 11.8. The lowest BCUT2D eigenvalue weighted by molar-refractivity contribution is 0.0693. The molecule has 0 aromatic heterocycles. The summed E-state index contributed by atoms with van der Waals surface area (Å²) in [6.45, 7) is 3.69. The number of fused-ring (bicyclic) bond motifs is 2. The fourth-order valence-corrected chi connectivity index (χ4v) is 2.12. The first-order chi connectivity index (χ1) is 8.00. The zero-order valence-electron chi connectivity index (χ0n) is 9.03. The van der Waals surface area contributed by atoms with Crippen molar-refractivity contribution in [2.75, 3.05) is 7.05 Å². The van der Waals surface area contributed by atoms with Gasteiger partial charge in [-0.15, -0.1) is 0 Å². The van der Waals surface area contributed by atoms with Crippen LogP contribution in [-0.2, 0) is 0 Å². The molecule has 3 amide bonds. The van der Waals surface area contributed by atoms with Crippen molar-refractivity contribution >= 4 is 23.4 Å². The molecule has 0 bridgehead atoms. The summed E-state index contributed by atoms with van der Waals surface area (Å²) in [6.07, 6.45) is 0. The molecule has 84 valence electrons. The fourth-order valence-electron chi connectivity index (χ4n) is 2.12. The van der Waals surface area contributed by atoms with Crippen molar-refractivity contribution in [1.29, 1.82) is 0 Å². The first-order valence-corrected chi connectivity index (χ1v) is 5.02. The van der Waals surface area contributed by atoms with Gasteiger partial charge in [-0.1, -0.05) is 6.58 Å². The maximum absolute atomic E-state index is 11.8. The van der Waals surface area contributed by atoms with E-state index in [1.165, 1.54) is 13.1 Å². The van der Waals surface area contributed by atoms with E-state index in [0.29, 0.717) is 22.4 Å². The standard InChI is InChI=1S/C12H8N2O3/c1-5-6-3-8-9(4-7(6)10(15)13-5)12(17)14(2)11(8)16/h3-4H,1H2,2H3,(H,13,15). The van der Waals surface area contributed by atoms with Crippen LogP contribution in [0.3, 0.4) is 0 Å². The molecule has 1 aromatic carbocycles. The summed E-state index contributed by atoms with van der Waals surface area (Å²) in [5.41, 5.74) is 2.05. The Morgan fingerprint density at radius 1 is 1.00 bits per heavy atom. The predicted molar refractivity (Wildman–Crippen MR) is 59.4 cm³/mol. The largest absolute Gasteiger partial charge is 0.322 e. The summed E-state index contributed by atoms with van der Waals surface area (Å²) in [4.78, 5) is 36.1. The van der Waals surface area contributed by atoms with Gasteiger partial charge in [0.15, 0.2) is 0 Å². The van der Waals surface area contributed by atoms with Crippen molar-refractivity contribution in [3.8, 4) is 0 Å². The van der Waals surface area contributed by atoms with E-state index < -0.39 is 0 Å². The van der Waals surface area contributed by atoms with Gasteiger partial charge >= 0.3 is 0 Å². The van der Waals surface area contributed by atoms with Gasteiger partial charge in [-0.3, -0.25) is 19.3 Å². The van der Waals surface area contributed by atoms with E-state index in [1.54, 1.807) is 6.07 Å². The predicted octanol–water partition coefficient (Wildman–Crippen LogP) is 0.627. The smallest absolute Gasteiger partial charge is 0.261 e. The van der Waals surface area contributed by atoms with Crippen LogP contribution in [0.15, 0.2) is 18.7 Å². The van der Waals surface area contributed by atoms with E-state index in [9.17, 15) is 14.4 Å². The molecular weight excluding hydrogens is 220 g/mol. The summed E-state index contributed by atoms with van der Waals surface area (Å²) in [5.74, 6) is -1.01. The number of imide groups is 1. The van der Waals surface area contributed by atoms with Crippen LogP contribution >= 0.6 is 0 Å². The molecule has 17 heavy (non-hydrogen) atoms. The minimum atomic E-state index is -0.377. The summed E-state index contributed by atoms with van der Waals surface area (Å²) < 4.78 is 0. The second-order valence-electron chi connectivity index (χ2n) is 4.05. The number of rotatable bonds is 0. The molecule has 0 unspecified atom stereocenters. The van der Waals surface area contributed by atoms with Crippen LogP contribution in [0.5, 0.6) is 0 Å². The molecule has 0 saturated carbocycles. The molecule has 0 aliphatic carbocycles. The molecule has 2 aliphatic rings. The van der Waals surface area contributed by atoms with Gasteiger partial charge in [0.1, 0.15) is 0 Å². The molecule has 5 nitrogen and oxygen atoms in total. The fraction of sp³-hybridized carbons (Fsp3) is 0.0833. The van der Waals surface area contributed by atoms with E-state index in [2.05, 4.69) is 11.9 Å². The van der Waals surface area contributed by atoms with Crippen molar-refractivity contribution in [2.24, 2.45) is 0 Å². The summed E-state index contributed by atoms with van der Waals surface area (Å²) in [7, 11) is 1.42. The van der Waals surface area contributed by atoms with Crippen LogP contribution in [0, 0.1) is 0 Å². The van der Waals surface area contributed by atoms with Crippen LogP contribution < -0.4 is 5.32 Å². The zero-order chi connectivity index (χ0) is 12.3. The number of carbonyl (C=O) groups excluding carboxylic acids is 3. The molecule has 0 atom stereocenters. The molecule has 0 fully saturated rings. The third-order valence-electron chi connectivity index (χ3n) is 3.06. The highest BCUT2D eigenvalue weighted by Gasteiger charge is 2.36. The van der Waals surface area contributed by atoms with Crippen molar-refractivity contribution in [1.82, 2.24) is 10.2 Å². The minimum Gasteiger partial charge on any atom is -0.322 e. The molecule has 2 heterocycles. The van der Waals surface area contributed by atoms with Crippen LogP contribution in [-0.4, -0.2) is 29.7 Å². The SMILES string of the molecule is C=C1NC(=O)c2cc3c(cc21)C(=O)N(C)C3=O. The number of benzene rings is 1. The lowest BCUT2D eigenvalue weighted by Gasteiger charge is -2.02. The van der Waals surface area contributed by atoms with Gasteiger partial charge in [0.25, 0.3) is 17.7 Å². The van der Waals surface area contributed by atoms with E-state index in [0.717, 1.165) is 4.90 Å². The minimum absolute atomic E-state index is 0.279. The van der Waals surface area contributed by atoms with Crippen molar-refractivity contribution in [2.45, 2.75) is 0 Å². The monoisotopic (exact) mass is 228 g/mol. The van der Waals surface area contributed by atoms with Gasteiger partial charge in [-0.05, 0) is 12.1 Å². The number of carbonyl (C=O) groups is 3. The Morgan fingerprint density at radius 3 is 2.12 bits per heavy atom. The lowest BCUT2D eigenvalue weighted by atomic mass is 10.0. The third kappa shape index (κ3) is 1.05. The number of hydrogen-bond donors (Lipinski definition) is 1. The van der Waals surface area contributed by atoms with Gasteiger partial charge in [-0.2, -0.15) is 0 Å². The Balaban J connectivity index is 2.31. The summed E-state index contributed by atoms with van der Waals surface area (Å²) in [5, 5.41) is 2.56. The van der Waals surface area contributed by atoms with Gasteiger partial charge in [0.05, 0.1) is 11.1 Å². The topological polar surface area (TPSA) is 66.5 Å².